The van der Waals surface area contributed by atoms with Crippen LogP contribution in [0.5, 0.6) is 0 Å². The molecule has 0 saturated carbocycles. The number of ether oxygens (including phenoxy) is 2. The summed E-state index contributed by atoms with van der Waals surface area (Å²) in [6, 6.07) is 2.79. The van der Waals surface area contributed by atoms with Gasteiger partial charge in [0.1, 0.15) is 47.9 Å². The van der Waals surface area contributed by atoms with Crippen molar-refractivity contribution in [3.05, 3.63) is 42.7 Å². The molecular formula is C21H29N7O17P3+. The minimum atomic E-state index is -5.52. The standard InChI is InChI=1S/C21H28N7O17P3/c22-17-12-19(25-7-24-17)28(8-26-12)21-16(44-46(33,34)35)14(30)11(43-21)6-41-48(38,39)45-47(36,37)40-5-10-13(29)15(31)20(42-10)27-3-1-2-9(4-27)18(23)32/h1-4,7-8,10-11,13-16,20-21,29-31H,5-6H2,(H7-,22,23,24,25,32,33,34,35,36,37,38,39)/p+1/t10-,11-,13+,14-,15+,16+,20-,21+/m1/s1. The zero-order chi connectivity index (χ0) is 35.2. The normalized spacial score (nSPS) is 30.3. The van der Waals surface area contributed by atoms with Gasteiger partial charge in [-0.2, -0.15) is 8.88 Å². The maximum Gasteiger partial charge on any atom is 0.481 e. The molecule has 2 saturated heterocycles. The molecule has 1 amide bonds. The van der Waals surface area contributed by atoms with Crippen LogP contribution in [0.1, 0.15) is 22.8 Å². The Labute approximate surface area is 267 Å². The van der Waals surface area contributed by atoms with E-state index in [1.807, 2.05) is 0 Å². The first kappa shape index (κ1) is 36.4. The minimum Gasteiger partial charge on any atom is -0.387 e. The number of rotatable bonds is 13. The zero-order valence-electron chi connectivity index (χ0n) is 23.9. The van der Waals surface area contributed by atoms with E-state index >= 15 is 0 Å². The fraction of sp³-hybridized carbons (Fsp3) is 0.476. The van der Waals surface area contributed by atoms with E-state index in [0.29, 0.717) is 0 Å². The summed E-state index contributed by atoms with van der Waals surface area (Å²) >= 11 is 0. The number of nitrogens with zero attached hydrogens (tertiary/aromatic N) is 5. The molecule has 2 unspecified atom stereocenters. The molecule has 2 aliphatic rings. The van der Waals surface area contributed by atoms with Gasteiger partial charge in [-0.05, 0) is 6.07 Å². The van der Waals surface area contributed by atoms with Crippen molar-refractivity contribution >= 4 is 46.4 Å². The molecule has 0 spiro atoms. The fourth-order valence-electron chi connectivity index (χ4n) is 4.83. The lowest BCUT2D eigenvalue weighted by molar-refractivity contribution is -0.765. The number of hydrogen-bond donors (Lipinski definition) is 9. The van der Waals surface area contributed by atoms with Crippen LogP contribution in [0, 0.1) is 0 Å². The minimum absolute atomic E-state index is 0.00286. The lowest BCUT2D eigenvalue weighted by atomic mass is 10.1. The molecule has 2 fully saturated rings. The smallest absolute Gasteiger partial charge is 0.387 e. The van der Waals surface area contributed by atoms with E-state index in [0.717, 1.165) is 17.2 Å². The van der Waals surface area contributed by atoms with Crippen molar-refractivity contribution in [3.8, 4) is 0 Å². The van der Waals surface area contributed by atoms with Crippen molar-refractivity contribution in [1.29, 1.82) is 0 Å². The van der Waals surface area contributed by atoms with Gasteiger partial charge < -0.3 is 55.8 Å². The molecule has 5 heterocycles. The molecule has 11 N–H and O–H groups in total. The largest absolute Gasteiger partial charge is 0.481 e. The van der Waals surface area contributed by atoms with Crippen LogP contribution in [-0.2, 0) is 41.1 Å². The molecule has 3 aromatic rings. The first-order valence-corrected chi connectivity index (χ1v) is 17.9. The van der Waals surface area contributed by atoms with Gasteiger partial charge in [-0.3, -0.25) is 22.9 Å². The van der Waals surface area contributed by atoms with Gasteiger partial charge in [0.25, 0.3) is 12.1 Å². The average Bonchev–Trinajstić information content (AvgIpc) is 3.64. The third-order valence-corrected chi connectivity index (χ3v) is 10.1. The highest BCUT2D eigenvalue weighted by atomic mass is 31.3. The monoisotopic (exact) mass is 744 g/mol. The lowest BCUT2D eigenvalue weighted by Gasteiger charge is -2.22. The molecule has 0 bridgehead atoms. The topological polar surface area (TPSA) is 365 Å². The maximum atomic E-state index is 12.6. The van der Waals surface area contributed by atoms with Crippen molar-refractivity contribution in [2.75, 3.05) is 18.9 Å². The summed E-state index contributed by atoms with van der Waals surface area (Å²) in [6.07, 6.45) is -8.39. The lowest BCUT2D eigenvalue weighted by Crippen LogP contribution is -2.46. The van der Waals surface area contributed by atoms with Crippen LogP contribution in [0.15, 0.2) is 37.2 Å². The molecule has 0 aromatic carbocycles. The Bertz CT molecular complexity index is 1810. The first-order chi connectivity index (χ1) is 22.4. The van der Waals surface area contributed by atoms with Gasteiger partial charge in [0, 0.05) is 6.07 Å². The Morgan fingerprint density at radius 1 is 0.958 bits per heavy atom. The predicted octanol–water partition coefficient (Wildman–Crippen LogP) is -2.90. The molecule has 24 nitrogen and oxygen atoms in total. The third-order valence-electron chi connectivity index (χ3n) is 6.98. The number of pyridine rings is 1. The number of aliphatic hydroxyl groups excluding tert-OH is 3. The van der Waals surface area contributed by atoms with Crippen LogP contribution in [-0.4, -0.2) is 110 Å². The van der Waals surface area contributed by atoms with Gasteiger partial charge in [-0.25, -0.2) is 28.6 Å². The molecule has 0 radical (unpaired) electrons. The Hall–Kier alpha value is -2.86. The summed E-state index contributed by atoms with van der Waals surface area (Å²) in [5, 5.41) is 31.5. The van der Waals surface area contributed by atoms with Crippen LogP contribution < -0.4 is 16.0 Å². The number of phosphoric ester groups is 3. The highest BCUT2D eigenvalue weighted by Crippen LogP contribution is 2.61. The summed E-state index contributed by atoms with van der Waals surface area (Å²) in [6.45, 7) is -2.03. The Kier molecular flexibility index (Phi) is 10.5. The first-order valence-electron chi connectivity index (χ1n) is 13.3. The maximum absolute atomic E-state index is 12.6. The van der Waals surface area contributed by atoms with E-state index in [1.54, 1.807) is 0 Å². The number of phosphoric acid groups is 3. The number of fused-ring (bicyclic) bond motifs is 1. The molecule has 2 aliphatic heterocycles. The molecule has 27 heteroatoms. The fourth-order valence-corrected chi connectivity index (χ4v) is 7.47. The van der Waals surface area contributed by atoms with E-state index in [-0.39, 0.29) is 22.5 Å². The van der Waals surface area contributed by atoms with Crippen LogP contribution in [0.4, 0.5) is 5.82 Å². The number of hydrogen-bond acceptors (Lipinski definition) is 17. The average molecular weight is 744 g/mol. The highest BCUT2D eigenvalue weighted by Gasteiger charge is 2.51. The van der Waals surface area contributed by atoms with Crippen LogP contribution >= 0.6 is 23.5 Å². The van der Waals surface area contributed by atoms with Gasteiger partial charge >= 0.3 is 23.5 Å². The van der Waals surface area contributed by atoms with Gasteiger partial charge in [0.15, 0.2) is 36.2 Å². The Morgan fingerprint density at radius 2 is 1.60 bits per heavy atom. The number of primary amides is 1. The van der Waals surface area contributed by atoms with Crippen LogP contribution in [0.3, 0.4) is 0 Å². The number of carbonyl (C=O) groups is 1. The van der Waals surface area contributed by atoms with Crippen LogP contribution in [0.2, 0.25) is 0 Å². The van der Waals surface area contributed by atoms with Crippen molar-refractivity contribution < 1.29 is 85.3 Å². The van der Waals surface area contributed by atoms with Crippen molar-refractivity contribution in [2.45, 2.75) is 49.1 Å². The number of anilines is 1. The van der Waals surface area contributed by atoms with Gasteiger partial charge in [-0.1, -0.05) is 0 Å². The summed E-state index contributed by atoms with van der Waals surface area (Å²) in [5.74, 6) is -0.848. The summed E-state index contributed by atoms with van der Waals surface area (Å²) in [4.78, 5) is 62.2. The number of aromatic nitrogens is 5. The number of amides is 1. The van der Waals surface area contributed by atoms with Crippen molar-refractivity contribution in [3.63, 3.8) is 0 Å². The SMILES string of the molecule is NC(=O)c1ccc[n+]([C@@H]2O[C@H](COP(=O)(O)OP(=O)(O)OC[C@H]3O[C@H](n4cnc5c(N)ncnc54)[C@@H](OP(=O)(O)O)[C@@H]3O)[C@H](O)[C@@H]2O)c1. The molecule has 10 atom stereocenters. The second-order valence-electron chi connectivity index (χ2n) is 10.3. The Morgan fingerprint density at radius 3 is 2.23 bits per heavy atom. The number of carbonyl (C=O) groups excluding carboxylic acids is 1. The quantitative estimate of drug-likeness (QED) is 0.0626. The molecule has 5 rings (SSSR count). The number of aliphatic hydroxyl groups is 3. The van der Waals surface area contributed by atoms with Crippen LogP contribution in [0.25, 0.3) is 11.2 Å². The molecular weight excluding hydrogens is 715 g/mol. The van der Waals surface area contributed by atoms with Gasteiger partial charge in [0.2, 0.25) is 0 Å². The van der Waals surface area contributed by atoms with E-state index < -0.39 is 91.7 Å². The summed E-state index contributed by atoms with van der Waals surface area (Å²) in [7, 11) is -16.3. The van der Waals surface area contributed by atoms with Gasteiger partial charge in [-0.15, -0.1) is 0 Å². The molecule has 264 valence electrons. The number of nitrogens with two attached hydrogens (primary N) is 2. The van der Waals surface area contributed by atoms with E-state index in [2.05, 4.69) is 23.8 Å². The van der Waals surface area contributed by atoms with E-state index in [4.69, 9.17) is 30.0 Å². The van der Waals surface area contributed by atoms with E-state index in [9.17, 15) is 53.4 Å². The number of nitrogen functional groups attached to an aromatic ring is 1. The molecule has 0 aliphatic carbocycles. The summed E-state index contributed by atoms with van der Waals surface area (Å²) < 4.78 is 68.4. The molecule has 48 heavy (non-hydrogen) atoms. The zero-order valence-corrected chi connectivity index (χ0v) is 26.6. The second kappa shape index (κ2) is 13.8. The predicted molar refractivity (Wildman–Crippen MR) is 150 cm³/mol. The van der Waals surface area contributed by atoms with Crippen molar-refractivity contribution in [1.82, 2.24) is 19.5 Å². The third kappa shape index (κ3) is 8.12. The second-order valence-corrected chi connectivity index (χ2v) is 14.5. The summed E-state index contributed by atoms with van der Waals surface area (Å²) in [5.41, 5.74) is 11.1. The molecule has 3 aromatic heterocycles. The van der Waals surface area contributed by atoms with Gasteiger partial charge in [0.05, 0.1) is 19.5 Å². The van der Waals surface area contributed by atoms with Crippen molar-refractivity contribution in [2.24, 2.45) is 5.73 Å². The highest BCUT2D eigenvalue weighted by molar-refractivity contribution is 7.61. The Balaban J connectivity index is 1.21. The van der Waals surface area contributed by atoms with E-state index in [1.165, 1.54) is 29.1 Å². The number of imidazole rings is 1.